The van der Waals surface area contributed by atoms with Gasteiger partial charge < -0.3 is 0 Å². The van der Waals surface area contributed by atoms with Gasteiger partial charge in [0.15, 0.2) is 0 Å². The molecule has 0 aliphatic rings. The first-order chi connectivity index (χ1) is 0. The molecule has 0 nitrogen and oxygen atoms in total. The summed E-state index contributed by atoms with van der Waals surface area (Å²) in [6.07, 6.45) is 0. The van der Waals surface area contributed by atoms with Crippen LogP contribution in [0.25, 0.3) is 0 Å². The monoisotopic (exact) mass is 499 g/mol. The number of hydrogen-bond acceptors (Lipinski definition) is 0. The molecule has 0 unspecified atom stereocenters. The van der Waals surface area contributed by atoms with Crippen LogP contribution < -0.4 is 0 Å². The van der Waals surface area contributed by atoms with Crippen LogP contribution in [0.1, 0.15) is 0 Å². The Morgan fingerprint density at radius 1 is 1.00 bits per heavy atom. The summed E-state index contributed by atoms with van der Waals surface area (Å²) < 4.78 is 0. The molecule has 0 aliphatic carbocycles. The molecule has 0 aliphatic heterocycles. The van der Waals surface area contributed by atoms with Crippen molar-refractivity contribution < 1.29 is 80.0 Å². The van der Waals surface area contributed by atoms with E-state index in [1.165, 1.54) is 0 Å². The normalized spacial score (nSPS) is 0. The Hall–Kier alpha value is 2.57. The number of hydrogen-bond donors (Lipinski definition) is 0. The fourth-order valence-corrected chi connectivity index (χ4v) is 0. The van der Waals surface area contributed by atoms with Crippen molar-refractivity contribution in [3.8, 4) is 0 Å². The van der Waals surface area contributed by atoms with Crippen molar-refractivity contribution in [3.63, 3.8) is 0 Å². The molecule has 0 saturated carbocycles. The largest absolute Gasteiger partial charge is 0 e. The van der Waals surface area contributed by atoms with Crippen molar-refractivity contribution in [1.29, 1.82) is 0 Å². The van der Waals surface area contributed by atoms with Crippen LogP contribution in [-0.4, -0.2) is 0 Å². The first-order valence-corrected chi connectivity index (χ1v) is 0. The van der Waals surface area contributed by atoms with E-state index in [1.54, 1.807) is 0 Å². The van der Waals surface area contributed by atoms with Crippen LogP contribution in [0.3, 0.4) is 0 Å². The van der Waals surface area contributed by atoms with Crippen molar-refractivity contribution in [2.75, 3.05) is 0 Å². The summed E-state index contributed by atoms with van der Waals surface area (Å²) in [5, 5.41) is 0. The molecule has 4 heteroatoms. The van der Waals surface area contributed by atoms with Crippen LogP contribution in [0.2, 0.25) is 0 Å². The number of rotatable bonds is 0. The molecule has 4 heavy (non-hydrogen) atoms. The Morgan fingerprint density at radius 3 is 1.00 bits per heavy atom. The molecule has 34 valence electrons. The molecule has 2 radical (unpaired) electrons. The Kier molecular flexibility index (Phi) is 136. The maximum Gasteiger partial charge on any atom is 0 e. The van der Waals surface area contributed by atoms with Crippen molar-refractivity contribution >= 4 is 0 Å². The van der Waals surface area contributed by atoms with Gasteiger partial charge in [-0.15, -0.1) is 0 Å². The zero-order chi connectivity index (χ0) is 0. The van der Waals surface area contributed by atoms with E-state index in [1.807, 2.05) is 0 Å². The van der Waals surface area contributed by atoms with E-state index in [2.05, 4.69) is 0 Å². The third-order valence-electron chi connectivity index (χ3n) is 0. The van der Waals surface area contributed by atoms with E-state index in [4.69, 9.17) is 0 Å². The third kappa shape index (κ3) is 8.82. The van der Waals surface area contributed by atoms with Gasteiger partial charge in [0.2, 0.25) is 0 Å². The second-order valence-corrected chi connectivity index (χ2v) is 0. The summed E-state index contributed by atoms with van der Waals surface area (Å²) in [6, 6.07) is 0. The molecular weight excluding hydrogens is 499 g/mol. The van der Waals surface area contributed by atoms with Crippen LogP contribution in [0.5, 0.6) is 0 Å². The van der Waals surface area contributed by atoms with Crippen molar-refractivity contribution in [3.05, 3.63) is 0 Å². The fraction of sp³-hybridized carbons (Fsp3) is 0. The van der Waals surface area contributed by atoms with Gasteiger partial charge in [-0.25, -0.2) is 0 Å². The molecule has 0 heterocycles. The van der Waals surface area contributed by atoms with E-state index in [0.717, 1.165) is 0 Å². The van der Waals surface area contributed by atoms with Crippen LogP contribution in [-0.2, 0) is 80.0 Å². The standard InChI is InChI=1S/Cu.Ir.Pt.Ti. The Labute approximate surface area is 78.8 Å². The first kappa shape index (κ1) is 30.8. The fourth-order valence-electron chi connectivity index (χ4n) is 0. The SMILES string of the molecule is [Cu].[Ir].[Pt].[Ti]. The minimum atomic E-state index is 0. The van der Waals surface area contributed by atoms with Crippen LogP contribution in [0, 0.1) is 0 Å². The van der Waals surface area contributed by atoms with Crippen LogP contribution >= 0.6 is 0 Å². The van der Waals surface area contributed by atoms with Gasteiger partial charge in [0.25, 0.3) is 0 Å². The van der Waals surface area contributed by atoms with Gasteiger partial charge in [0.05, 0.1) is 0 Å². The maximum atomic E-state index is 0. The summed E-state index contributed by atoms with van der Waals surface area (Å²) in [5.74, 6) is 0. The molecule has 0 rings (SSSR count). The van der Waals surface area contributed by atoms with Crippen molar-refractivity contribution in [2.24, 2.45) is 0 Å². The minimum absolute atomic E-state index is 0. The molecular formula is CuIrPtTi. The molecule has 0 N–H and O–H groups in total. The molecule has 0 aromatic rings. The van der Waals surface area contributed by atoms with E-state index in [0.29, 0.717) is 0 Å². The summed E-state index contributed by atoms with van der Waals surface area (Å²) in [5.41, 5.74) is 0. The average Bonchev–Trinajstić information content (AvgIpc) is 0. The van der Waals surface area contributed by atoms with E-state index < -0.39 is 0 Å². The zero-order valence-corrected chi connectivity index (χ0v) is 8.62. The van der Waals surface area contributed by atoms with Gasteiger partial charge in [-0.3, -0.25) is 0 Å². The van der Waals surface area contributed by atoms with E-state index in [-0.39, 0.29) is 80.0 Å². The molecule has 0 aromatic heterocycles. The smallest absolute Gasteiger partial charge is 0 e. The summed E-state index contributed by atoms with van der Waals surface area (Å²) in [6.45, 7) is 0. The molecule has 0 bridgehead atoms. The van der Waals surface area contributed by atoms with E-state index >= 15 is 0 Å². The van der Waals surface area contributed by atoms with Gasteiger partial charge in [-0.2, -0.15) is 0 Å². The minimum Gasteiger partial charge on any atom is 0 e. The van der Waals surface area contributed by atoms with Crippen molar-refractivity contribution in [1.82, 2.24) is 0 Å². The third-order valence-corrected chi connectivity index (χ3v) is 0. The second-order valence-electron chi connectivity index (χ2n) is 0. The molecule has 0 fully saturated rings. The van der Waals surface area contributed by atoms with Gasteiger partial charge in [-0.1, -0.05) is 0 Å². The van der Waals surface area contributed by atoms with Crippen molar-refractivity contribution in [2.45, 2.75) is 0 Å². The molecule has 0 aromatic carbocycles. The van der Waals surface area contributed by atoms with Gasteiger partial charge in [0, 0.05) is 80.0 Å². The summed E-state index contributed by atoms with van der Waals surface area (Å²) in [7, 11) is 0. The summed E-state index contributed by atoms with van der Waals surface area (Å²) >= 11 is 0. The Morgan fingerprint density at radius 2 is 1.00 bits per heavy atom. The predicted molar refractivity (Wildman–Crippen MR) is 0 cm³/mol. The Balaban J connectivity index is 0. The van der Waals surface area contributed by atoms with Crippen LogP contribution in [0.4, 0.5) is 0 Å². The summed E-state index contributed by atoms with van der Waals surface area (Å²) in [4.78, 5) is 0. The zero-order valence-electron chi connectivity index (χ0n) is 1.45. The van der Waals surface area contributed by atoms with Crippen LogP contribution in [0.15, 0.2) is 0 Å². The van der Waals surface area contributed by atoms with Gasteiger partial charge in [-0.05, 0) is 0 Å². The maximum absolute atomic E-state index is 0. The molecule has 0 atom stereocenters. The van der Waals surface area contributed by atoms with E-state index in [9.17, 15) is 0 Å². The average molecular weight is 499 g/mol. The molecule has 0 amide bonds. The molecule has 0 spiro atoms. The van der Waals surface area contributed by atoms with Gasteiger partial charge >= 0.3 is 0 Å². The second kappa shape index (κ2) is 17.6. The Bertz CT molecular complexity index is 8.00. The first-order valence-electron chi connectivity index (χ1n) is 0. The topological polar surface area (TPSA) is 0 Å². The molecule has 0 saturated heterocycles. The predicted octanol–water partition coefficient (Wildman–Crippen LogP) is -0.0100. The van der Waals surface area contributed by atoms with Gasteiger partial charge in [0.1, 0.15) is 0 Å². The quantitative estimate of drug-likeness (QED) is 0.413.